The third kappa shape index (κ3) is 4.16. The molecule has 3 rings (SSSR count). The Morgan fingerprint density at radius 3 is 2.27 bits per heavy atom. The van der Waals surface area contributed by atoms with Crippen molar-refractivity contribution in [1.82, 2.24) is 4.90 Å². The van der Waals surface area contributed by atoms with E-state index in [0.717, 1.165) is 6.07 Å². The molecule has 1 saturated heterocycles. The zero-order valence-electron chi connectivity index (χ0n) is 14.4. The Hall–Kier alpha value is -2.54. The van der Waals surface area contributed by atoms with Crippen molar-refractivity contribution in [1.29, 1.82) is 0 Å². The first-order valence-corrected chi connectivity index (χ1v) is 8.36. The minimum atomic E-state index is -4.49. The molecule has 0 atom stereocenters. The fourth-order valence-electron chi connectivity index (χ4n) is 2.96. The van der Waals surface area contributed by atoms with E-state index in [2.05, 4.69) is 10.2 Å². The molecule has 138 valence electrons. The number of halogens is 3. The Morgan fingerprint density at radius 1 is 1.00 bits per heavy atom. The lowest BCUT2D eigenvalue weighted by atomic mass is 10.1. The molecule has 1 aliphatic heterocycles. The lowest BCUT2D eigenvalue weighted by Crippen LogP contribution is -2.45. The molecule has 26 heavy (non-hydrogen) atoms. The van der Waals surface area contributed by atoms with Gasteiger partial charge in [-0.25, -0.2) is 0 Å². The van der Waals surface area contributed by atoms with E-state index in [1.54, 1.807) is 35.2 Å². The lowest BCUT2D eigenvalue weighted by Gasteiger charge is -2.35. The number of anilines is 2. The van der Waals surface area contributed by atoms with Crippen molar-refractivity contribution >= 4 is 17.3 Å². The molecule has 0 saturated carbocycles. The third-order valence-corrected chi connectivity index (χ3v) is 4.44. The van der Waals surface area contributed by atoms with Crippen LogP contribution in [0.2, 0.25) is 0 Å². The molecule has 0 unspecified atom stereocenters. The average Bonchev–Trinajstić information content (AvgIpc) is 2.62. The Labute approximate surface area is 150 Å². The van der Waals surface area contributed by atoms with E-state index in [4.69, 9.17) is 0 Å². The molecule has 1 heterocycles. The first-order valence-electron chi connectivity index (χ1n) is 8.36. The summed E-state index contributed by atoms with van der Waals surface area (Å²) in [5, 5.41) is 2.54. The van der Waals surface area contributed by atoms with E-state index in [1.807, 2.05) is 7.05 Å². The van der Waals surface area contributed by atoms with Crippen LogP contribution in [-0.2, 0) is 6.18 Å². The van der Waals surface area contributed by atoms with Crippen molar-refractivity contribution in [3.63, 3.8) is 0 Å². The minimum absolute atomic E-state index is 0.129. The summed E-state index contributed by atoms with van der Waals surface area (Å²) in [6.45, 7) is 2.50. The van der Waals surface area contributed by atoms with Crippen LogP contribution in [0.4, 0.5) is 24.5 Å². The van der Waals surface area contributed by atoms with Crippen molar-refractivity contribution in [2.75, 3.05) is 43.4 Å². The highest BCUT2D eigenvalue weighted by Gasteiger charge is 2.35. The second kappa shape index (κ2) is 7.37. The fourth-order valence-corrected chi connectivity index (χ4v) is 2.96. The van der Waals surface area contributed by atoms with E-state index in [-0.39, 0.29) is 11.4 Å². The predicted octanol–water partition coefficient (Wildman–Crippen LogP) is 3.71. The number of amides is 1. The summed E-state index contributed by atoms with van der Waals surface area (Å²) in [6, 6.07) is 12.4. The highest BCUT2D eigenvalue weighted by atomic mass is 19.4. The molecular formula is C19H20F3N3O. The van der Waals surface area contributed by atoms with Gasteiger partial charge in [0.2, 0.25) is 0 Å². The molecule has 0 aromatic heterocycles. The Kier molecular flexibility index (Phi) is 5.18. The molecule has 1 aliphatic rings. The van der Waals surface area contributed by atoms with Gasteiger partial charge in [-0.2, -0.15) is 13.2 Å². The Bertz CT molecular complexity index is 769. The van der Waals surface area contributed by atoms with E-state index in [1.165, 1.54) is 12.1 Å². The first-order chi connectivity index (χ1) is 12.3. The van der Waals surface area contributed by atoms with Crippen LogP contribution in [0.1, 0.15) is 15.9 Å². The summed E-state index contributed by atoms with van der Waals surface area (Å²) < 4.78 is 40.7. The number of piperazine rings is 1. The van der Waals surface area contributed by atoms with Crippen LogP contribution in [0.5, 0.6) is 0 Å². The molecular weight excluding hydrogens is 343 g/mol. The molecule has 4 nitrogen and oxygen atoms in total. The number of benzene rings is 2. The number of carbonyl (C=O) groups excluding carboxylic acids is 1. The molecule has 0 bridgehead atoms. The number of alkyl halides is 3. The smallest absolute Gasteiger partial charge is 0.368 e. The number of nitrogens with zero attached hydrogens (tertiary/aromatic N) is 2. The molecule has 7 heteroatoms. The predicted molar refractivity (Wildman–Crippen MR) is 95.5 cm³/mol. The highest BCUT2D eigenvalue weighted by Crippen LogP contribution is 2.38. The molecule has 1 amide bonds. The van der Waals surface area contributed by atoms with Crippen LogP contribution in [-0.4, -0.2) is 44.0 Å². The summed E-state index contributed by atoms with van der Waals surface area (Å²) in [5.74, 6) is -0.439. The van der Waals surface area contributed by atoms with Crippen molar-refractivity contribution < 1.29 is 18.0 Å². The second-order valence-electron chi connectivity index (χ2n) is 6.34. The number of likely N-dealkylation sites (N-methyl/N-ethyl adjacent to an activating group) is 1. The van der Waals surface area contributed by atoms with Crippen LogP contribution < -0.4 is 10.2 Å². The summed E-state index contributed by atoms with van der Waals surface area (Å²) in [7, 11) is 1.95. The fraction of sp³-hybridized carbons (Fsp3) is 0.316. The SMILES string of the molecule is CN1CCN(c2ccc(NC(=O)c3ccccc3)cc2C(F)(F)F)CC1. The summed E-state index contributed by atoms with van der Waals surface area (Å²) in [6.07, 6.45) is -4.49. The normalized spacial score (nSPS) is 15.8. The summed E-state index contributed by atoms with van der Waals surface area (Å²) in [5.41, 5.74) is -0.0514. The van der Waals surface area contributed by atoms with Gasteiger partial charge in [0.25, 0.3) is 5.91 Å². The van der Waals surface area contributed by atoms with Gasteiger partial charge in [-0.05, 0) is 37.4 Å². The first kappa shape index (κ1) is 18.3. The van der Waals surface area contributed by atoms with Crippen molar-refractivity contribution in [2.45, 2.75) is 6.18 Å². The van der Waals surface area contributed by atoms with Gasteiger partial charge in [-0.1, -0.05) is 18.2 Å². The van der Waals surface area contributed by atoms with Gasteiger partial charge in [0.15, 0.2) is 0 Å². The van der Waals surface area contributed by atoms with Crippen molar-refractivity contribution in [3.8, 4) is 0 Å². The molecule has 0 aliphatic carbocycles. The van der Waals surface area contributed by atoms with Crippen LogP contribution in [0.15, 0.2) is 48.5 Å². The van der Waals surface area contributed by atoms with E-state index in [0.29, 0.717) is 31.7 Å². The molecule has 2 aromatic carbocycles. The van der Waals surface area contributed by atoms with Crippen LogP contribution >= 0.6 is 0 Å². The lowest BCUT2D eigenvalue weighted by molar-refractivity contribution is -0.137. The highest BCUT2D eigenvalue weighted by molar-refractivity contribution is 6.04. The van der Waals surface area contributed by atoms with Gasteiger partial charge in [0.1, 0.15) is 0 Å². The number of carbonyl (C=O) groups is 1. The second-order valence-corrected chi connectivity index (χ2v) is 6.34. The number of nitrogens with one attached hydrogen (secondary N) is 1. The number of hydrogen-bond donors (Lipinski definition) is 1. The molecule has 1 N–H and O–H groups in total. The Morgan fingerprint density at radius 2 is 1.65 bits per heavy atom. The van der Waals surface area contributed by atoms with E-state index >= 15 is 0 Å². The minimum Gasteiger partial charge on any atom is -0.368 e. The number of hydrogen-bond acceptors (Lipinski definition) is 3. The Balaban J connectivity index is 1.86. The van der Waals surface area contributed by atoms with Crippen LogP contribution in [0, 0.1) is 0 Å². The van der Waals surface area contributed by atoms with Crippen LogP contribution in [0.3, 0.4) is 0 Å². The monoisotopic (exact) mass is 363 g/mol. The quantitative estimate of drug-likeness (QED) is 0.903. The maximum atomic E-state index is 13.6. The maximum Gasteiger partial charge on any atom is 0.418 e. The van der Waals surface area contributed by atoms with Crippen molar-refractivity contribution in [3.05, 3.63) is 59.7 Å². The van der Waals surface area contributed by atoms with Gasteiger partial charge in [0, 0.05) is 43.1 Å². The standard InChI is InChI=1S/C19H20F3N3O/c1-24-9-11-25(12-10-24)17-8-7-15(13-16(17)19(20,21)22)23-18(26)14-5-3-2-4-6-14/h2-8,13H,9-12H2,1H3,(H,23,26). The summed E-state index contributed by atoms with van der Waals surface area (Å²) >= 11 is 0. The van der Waals surface area contributed by atoms with Crippen molar-refractivity contribution in [2.24, 2.45) is 0 Å². The third-order valence-electron chi connectivity index (χ3n) is 4.44. The van der Waals surface area contributed by atoms with Gasteiger partial charge >= 0.3 is 6.18 Å². The van der Waals surface area contributed by atoms with Gasteiger partial charge < -0.3 is 15.1 Å². The number of rotatable bonds is 3. The maximum absolute atomic E-state index is 13.6. The average molecular weight is 363 g/mol. The molecule has 0 radical (unpaired) electrons. The molecule has 0 spiro atoms. The van der Waals surface area contributed by atoms with Crippen LogP contribution in [0.25, 0.3) is 0 Å². The molecule has 2 aromatic rings. The van der Waals surface area contributed by atoms with E-state index < -0.39 is 17.6 Å². The van der Waals surface area contributed by atoms with Gasteiger partial charge in [-0.3, -0.25) is 4.79 Å². The largest absolute Gasteiger partial charge is 0.418 e. The van der Waals surface area contributed by atoms with Gasteiger partial charge in [-0.15, -0.1) is 0 Å². The topological polar surface area (TPSA) is 35.6 Å². The van der Waals surface area contributed by atoms with E-state index in [9.17, 15) is 18.0 Å². The van der Waals surface area contributed by atoms with Gasteiger partial charge in [0.05, 0.1) is 5.56 Å². The molecule has 1 fully saturated rings. The summed E-state index contributed by atoms with van der Waals surface area (Å²) in [4.78, 5) is 16.0. The zero-order valence-corrected chi connectivity index (χ0v) is 14.4. The zero-order chi connectivity index (χ0) is 18.7.